The van der Waals surface area contributed by atoms with Crippen LogP contribution >= 0.6 is 22.9 Å². The molecule has 4 aromatic rings. The maximum atomic E-state index is 13.1. The first kappa shape index (κ1) is 24.0. The molecule has 180 valence electrons. The van der Waals surface area contributed by atoms with Crippen LogP contribution in [0.4, 0.5) is 0 Å². The van der Waals surface area contributed by atoms with Crippen LogP contribution in [0.25, 0.3) is 10.1 Å². The van der Waals surface area contributed by atoms with Crippen LogP contribution in [-0.4, -0.2) is 48.4 Å². The summed E-state index contributed by atoms with van der Waals surface area (Å²) in [6, 6.07) is 26.5. The van der Waals surface area contributed by atoms with Gasteiger partial charge in [0.2, 0.25) is 0 Å². The minimum absolute atomic E-state index is 0.0716. The molecule has 0 aliphatic carbocycles. The number of halogens is 1. The summed E-state index contributed by atoms with van der Waals surface area (Å²) in [5.41, 5.74) is 3.52. The average Bonchev–Trinajstić information content (AvgIpc) is 3.32. The van der Waals surface area contributed by atoms with Gasteiger partial charge in [-0.1, -0.05) is 71.8 Å². The maximum absolute atomic E-state index is 13.1. The molecule has 0 saturated carbocycles. The number of benzene rings is 3. The molecule has 0 spiro atoms. The number of rotatable bonds is 7. The van der Waals surface area contributed by atoms with E-state index in [1.807, 2.05) is 47.4 Å². The van der Waals surface area contributed by atoms with Gasteiger partial charge in [-0.15, -0.1) is 11.3 Å². The van der Waals surface area contributed by atoms with E-state index in [1.54, 1.807) is 11.3 Å². The van der Waals surface area contributed by atoms with Gasteiger partial charge in [0.1, 0.15) is 0 Å². The zero-order valence-electron chi connectivity index (χ0n) is 19.8. The van der Waals surface area contributed by atoms with Crippen molar-refractivity contribution >= 4 is 38.9 Å². The quantitative estimate of drug-likeness (QED) is 0.285. The number of aryl methyl sites for hydroxylation is 1. The highest BCUT2D eigenvalue weighted by molar-refractivity contribution is 7.20. The lowest BCUT2D eigenvalue weighted by atomic mass is 10.1. The van der Waals surface area contributed by atoms with Gasteiger partial charge < -0.3 is 9.64 Å². The molecule has 0 N–H and O–H groups in total. The molecule has 0 bridgehead atoms. The van der Waals surface area contributed by atoms with Crippen molar-refractivity contribution < 1.29 is 9.53 Å². The Balaban J connectivity index is 1.22. The summed E-state index contributed by atoms with van der Waals surface area (Å²) in [6.07, 6.45) is -0.0716. The minimum Gasteiger partial charge on any atom is -0.368 e. The van der Waals surface area contributed by atoms with Crippen LogP contribution in [0.2, 0.25) is 5.02 Å². The molecule has 1 saturated heterocycles. The van der Waals surface area contributed by atoms with E-state index in [0.29, 0.717) is 6.61 Å². The van der Waals surface area contributed by atoms with Crippen molar-refractivity contribution in [2.24, 2.45) is 0 Å². The first-order chi connectivity index (χ1) is 17.0. The smallest absolute Gasteiger partial charge is 0.264 e. The summed E-state index contributed by atoms with van der Waals surface area (Å²) >= 11 is 7.71. The Bertz CT molecular complexity index is 1260. The summed E-state index contributed by atoms with van der Waals surface area (Å²) in [5.74, 6) is 0.135. The molecule has 4 nitrogen and oxygen atoms in total. The average molecular weight is 505 g/mol. The van der Waals surface area contributed by atoms with Gasteiger partial charge >= 0.3 is 0 Å². The molecular weight excluding hydrogens is 476 g/mol. The first-order valence-electron chi connectivity index (χ1n) is 12.0. The minimum atomic E-state index is -0.0716. The van der Waals surface area contributed by atoms with Crippen molar-refractivity contribution in [1.29, 1.82) is 0 Å². The first-order valence-corrected chi connectivity index (χ1v) is 13.2. The number of nitrogens with zero attached hydrogens (tertiary/aromatic N) is 2. The molecular formula is C29H29ClN2O2S. The molecule has 0 radical (unpaired) electrons. The highest BCUT2D eigenvalue weighted by Gasteiger charge is 2.26. The summed E-state index contributed by atoms with van der Waals surface area (Å²) in [5, 5.41) is 1.86. The van der Waals surface area contributed by atoms with Crippen molar-refractivity contribution in [3.8, 4) is 0 Å². The third-order valence-electron chi connectivity index (χ3n) is 6.50. The second-order valence-corrected chi connectivity index (χ2v) is 10.6. The molecule has 3 aromatic carbocycles. The Morgan fingerprint density at radius 1 is 0.971 bits per heavy atom. The summed E-state index contributed by atoms with van der Waals surface area (Å²) < 4.78 is 7.58. The van der Waals surface area contributed by atoms with E-state index in [-0.39, 0.29) is 12.0 Å². The van der Waals surface area contributed by atoms with Crippen LogP contribution in [0.3, 0.4) is 0 Å². The lowest BCUT2D eigenvalue weighted by Crippen LogP contribution is -2.49. The predicted octanol–water partition coefficient (Wildman–Crippen LogP) is 6.58. The van der Waals surface area contributed by atoms with Gasteiger partial charge in [-0.3, -0.25) is 9.69 Å². The van der Waals surface area contributed by atoms with E-state index in [9.17, 15) is 4.79 Å². The number of carbonyl (C=O) groups excluding carboxylic acids is 1. The SMILES string of the molecule is Cc1cccc(CO[C@H](CN2CCN(C(=O)c3cc4ccccc4s3)CC2)c2ccc(Cl)cc2)c1. The van der Waals surface area contributed by atoms with Gasteiger partial charge in [0.05, 0.1) is 17.6 Å². The van der Waals surface area contributed by atoms with E-state index in [1.165, 1.54) is 11.1 Å². The summed E-state index contributed by atoms with van der Waals surface area (Å²) in [7, 11) is 0. The second kappa shape index (κ2) is 10.9. The Morgan fingerprint density at radius 2 is 1.74 bits per heavy atom. The normalized spacial score (nSPS) is 15.4. The number of amides is 1. The highest BCUT2D eigenvalue weighted by Crippen LogP contribution is 2.27. The van der Waals surface area contributed by atoms with Crippen LogP contribution in [0.15, 0.2) is 78.9 Å². The fourth-order valence-corrected chi connectivity index (χ4v) is 5.70. The van der Waals surface area contributed by atoms with Gasteiger partial charge in [-0.2, -0.15) is 0 Å². The van der Waals surface area contributed by atoms with Crippen molar-refractivity contribution in [2.75, 3.05) is 32.7 Å². The molecule has 6 heteroatoms. The molecule has 1 amide bonds. The van der Waals surface area contributed by atoms with Crippen LogP contribution in [0, 0.1) is 6.92 Å². The zero-order chi connectivity index (χ0) is 24.2. The highest BCUT2D eigenvalue weighted by atomic mass is 35.5. The molecule has 1 atom stereocenters. The number of carbonyl (C=O) groups is 1. The number of piperazine rings is 1. The van der Waals surface area contributed by atoms with E-state index < -0.39 is 0 Å². The van der Waals surface area contributed by atoms with Crippen molar-refractivity contribution in [3.63, 3.8) is 0 Å². The van der Waals surface area contributed by atoms with E-state index >= 15 is 0 Å². The van der Waals surface area contributed by atoms with Crippen LogP contribution in [0.1, 0.15) is 32.5 Å². The number of thiophene rings is 1. The standard InChI is InChI=1S/C29H29ClN2O2S/c1-21-5-4-6-22(17-21)20-34-26(23-9-11-25(30)12-10-23)19-31-13-15-32(16-14-31)29(33)28-18-24-7-2-3-8-27(24)35-28/h2-12,17-18,26H,13-16,19-20H2,1H3/t26-/m1/s1. The Morgan fingerprint density at radius 3 is 2.49 bits per heavy atom. The lowest BCUT2D eigenvalue weighted by Gasteiger charge is -2.36. The van der Waals surface area contributed by atoms with Crippen molar-refractivity contribution in [3.05, 3.63) is 105 Å². The number of fused-ring (bicyclic) bond motifs is 1. The number of hydrogen-bond acceptors (Lipinski definition) is 4. The van der Waals surface area contributed by atoms with Gasteiger partial charge in [0.25, 0.3) is 5.91 Å². The number of ether oxygens (including phenoxy) is 1. The molecule has 1 aliphatic rings. The van der Waals surface area contributed by atoms with Crippen LogP contribution < -0.4 is 0 Å². The van der Waals surface area contributed by atoms with Crippen molar-refractivity contribution in [2.45, 2.75) is 19.6 Å². The van der Waals surface area contributed by atoms with Gasteiger partial charge in [0.15, 0.2) is 0 Å². The van der Waals surface area contributed by atoms with Crippen molar-refractivity contribution in [1.82, 2.24) is 9.80 Å². The van der Waals surface area contributed by atoms with E-state index in [4.69, 9.17) is 16.3 Å². The maximum Gasteiger partial charge on any atom is 0.264 e. The Kier molecular flexibility index (Phi) is 7.49. The van der Waals surface area contributed by atoms with Crippen LogP contribution in [-0.2, 0) is 11.3 Å². The fraction of sp³-hybridized carbons (Fsp3) is 0.276. The Labute approximate surface area is 215 Å². The predicted molar refractivity (Wildman–Crippen MR) is 144 cm³/mol. The lowest BCUT2D eigenvalue weighted by molar-refractivity contribution is 0.00346. The summed E-state index contributed by atoms with van der Waals surface area (Å²) in [4.78, 5) is 18.3. The largest absolute Gasteiger partial charge is 0.368 e. The second-order valence-electron chi connectivity index (χ2n) is 9.08. The Hall–Kier alpha value is -2.70. The zero-order valence-corrected chi connectivity index (χ0v) is 21.4. The monoisotopic (exact) mass is 504 g/mol. The molecule has 2 heterocycles. The topological polar surface area (TPSA) is 32.8 Å². The third-order valence-corrected chi connectivity index (χ3v) is 7.85. The van der Waals surface area contributed by atoms with E-state index in [2.05, 4.69) is 48.2 Å². The molecule has 0 unspecified atom stereocenters. The molecule has 1 aromatic heterocycles. The van der Waals surface area contributed by atoms with Gasteiger partial charge in [0, 0.05) is 42.4 Å². The molecule has 5 rings (SSSR count). The van der Waals surface area contributed by atoms with Gasteiger partial charge in [-0.25, -0.2) is 0 Å². The molecule has 1 fully saturated rings. The third kappa shape index (κ3) is 5.93. The molecule has 35 heavy (non-hydrogen) atoms. The summed E-state index contributed by atoms with van der Waals surface area (Å²) in [6.45, 7) is 6.52. The van der Waals surface area contributed by atoms with Gasteiger partial charge in [-0.05, 0) is 47.7 Å². The number of hydrogen-bond donors (Lipinski definition) is 0. The van der Waals surface area contributed by atoms with E-state index in [0.717, 1.165) is 58.3 Å². The fourth-order valence-electron chi connectivity index (χ4n) is 4.54. The van der Waals surface area contributed by atoms with Crippen LogP contribution in [0.5, 0.6) is 0 Å². The molecule has 1 aliphatic heterocycles.